The molecule has 0 radical (unpaired) electrons. The van der Waals surface area contributed by atoms with Crippen molar-refractivity contribution in [2.45, 2.75) is 19.6 Å². The maximum atomic E-state index is 12.3. The van der Waals surface area contributed by atoms with Crippen LogP contribution in [0.1, 0.15) is 19.4 Å². The zero-order valence-electron chi connectivity index (χ0n) is 12.9. The van der Waals surface area contributed by atoms with Gasteiger partial charge in [-0.05, 0) is 19.9 Å². The highest BCUT2D eigenvalue weighted by Gasteiger charge is 2.24. The summed E-state index contributed by atoms with van der Waals surface area (Å²) in [6, 6.07) is 5.16. The fourth-order valence-corrected chi connectivity index (χ4v) is 3.75. The number of nitrogens with zero attached hydrogens (tertiary/aromatic N) is 1. The van der Waals surface area contributed by atoms with Gasteiger partial charge in [0, 0.05) is 18.7 Å². The summed E-state index contributed by atoms with van der Waals surface area (Å²) in [5.41, 5.74) is 0.532. The lowest BCUT2D eigenvalue weighted by Crippen LogP contribution is -2.35. The Morgan fingerprint density at radius 2 is 1.86 bits per heavy atom. The number of amides is 1. The van der Waals surface area contributed by atoms with Gasteiger partial charge in [-0.15, -0.1) is 0 Å². The van der Waals surface area contributed by atoms with E-state index >= 15 is 0 Å². The van der Waals surface area contributed by atoms with Crippen molar-refractivity contribution in [1.29, 1.82) is 0 Å². The van der Waals surface area contributed by atoms with E-state index < -0.39 is 15.6 Å². The number of rotatable bonds is 6. The van der Waals surface area contributed by atoms with Gasteiger partial charge in [-0.1, -0.05) is 12.1 Å². The Hall–Kier alpha value is -1.76. The lowest BCUT2D eigenvalue weighted by atomic mass is 10.2. The molecule has 0 unspecified atom stereocenters. The van der Waals surface area contributed by atoms with Crippen LogP contribution in [0, 0.1) is 0 Å². The second-order valence-electron chi connectivity index (χ2n) is 5.04. The van der Waals surface area contributed by atoms with Crippen LogP contribution in [0.25, 0.3) is 0 Å². The second-order valence-corrected chi connectivity index (χ2v) is 7.10. The first-order valence-electron chi connectivity index (χ1n) is 7.32. The zero-order chi connectivity index (χ0) is 16.2. The number of carbonyl (C=O) groups excluding carboxylic acids is 1. The lowest BCUT2D eigenvalue weighted by Gasteiger charge is -2.21. The molecule has 0 atom stereocenters. The summed E-state index contributed by atoms with van der Waals surface area (Å²) in [5, 5.41) is 0. The third-order valence-electron chi connectivity index (χ3n) is 3.48. The van der Waals surface area contributed by atoms with Crippen LogP contribution in [-0.2, 0) is 20.4 Å². The van der Waals surface area contributed by atoms with Gasteiger partial charge in [0.2, 0.25) is 5.91 Å². The Bertz CT molecular complexity index is 637. The fraction of sp³-hybridized carbons (Fsp3) is 0.533. The van der Waals surface area contributed by atoms with Gasteiger partial charge in [-0.25, -0.2) is 8.42 Å². The zero-order valence-corrected chi connectivity index (χ0v) is 13.7. The number of sulfone groups is 1. The van der Waals surface area contributed by atoms with E-state index in [9.17, 15) is 13.2 Å². The lowest BCUT2D eigenvalue weighted by molar-refractivity contribution is -0.128. The van der Waals surface area contributed by atoms with Crippen LogP contribution in [0.3, 0.4) is 0 Å². The Balaban J connectivity index is 2.14. The summed E-state index contributed by atoms with van der Waals surface area (Å²) in [6.07, 6.45) is 0. The van der Waals surface area contributed by atoms with Crippen molar-refractivity contribution in [1.82, 2.24) is 4.90 Å². The first-order valence-corrected chi connectivity index (χ1v) is 9.14. The third-order valence-corrected chi connectivity index (χ3v) is 4.92. The molecule has 1 aromatic rings. The van der Waals surface area contributed by atoms with Gasteiger partial charge in [-0.3, -0.25) is 4.79 Å². The highest BCUT2D eigenvalue weighted by atomic mass is 32.2. The summed E-state index contributed by atoms with van der Waals surface area (Å²) in [6.45, 7) is 5.50. The molecule has 1 aliphatic rings. The van der Waals surface area contributed by atoms with Crippen molar-refractivity contribution in [3.05, 3.63) is 23.8 Å². The maximum Gasteiger partial charge on any atom is 0.237 e. The molecule has 0 aromatic heterocycles. The minimum atomic E-state index is -3.56. The van der Waals surface area contributed by atoms with Crippen LogP contribution in [0.15, 0.2) is 18.2 Å². The van der Waals surface area contributed by atoms with E-state index in [1.54, 1.807) is 18.2 Å². The molecule has 2 rings (SSSR count). The van der Waals surface area contributed by atoms with Crippen molar-refractivity contribution < 1.29 is 22.7 Å². The molecule has 7 heteroatoms. The van der Waals surface area contributed by atoms with Crippen LogP contribution in [-0.4, -0.2) is 51.3 Å². The van der Waals surface area contributed by atoms with Gasteiger partial charge >= 0.3 is 0 Å². The number of benzene rings is 1. The molecule has 0 bridgehead atoms. The summed E-state index contributed by atoms with van der Waals surface area (Å²) in [4.78, 5) is 13.5. The number of ether oxygens (including phenoxy) is 2. The van der Waals surface area contributed by atoms with Crippen LogP contribution in [0.5, 0.6) is 11.5 Å². The molecular formula is C15H21NO5S. The largest absolute Gasteiger partial charge is 0.486 e. The molecule has 1 aromatic carbocycles. The molecule has 22 heavy (non-hydrogen) atoms. The predicted octanol–water partition coefficient (Wildman–Crippen LogP) is 1.24. The average Bonchev–Trinajstić information content (AvgIpc) is 2.48. The first-order chi connectivity index (χ1) is 10.5. The van der Waals surface area contributed by atoms with E-state index in [1.807, 2.05) is 13.8 Å². The minimum absolute atomic E-state index is 0.230. The number of fused-ring (bicyclic) bond motifs is 1. The molecular weight excluding hydrogens is 306 g/mol. The summed E-state index contributed by atoms with van der Waals surface area (Å²) in [5.74, 6) is -0.0697. The average molecular weight is 327 g/mol. The van der Waals surface area contributed by atoms with Crippen molar-refractivity contribution in [3.63, 3.8) is 0 Å². The quantitative estimate of drug-likeness (QED) is 0.786. The molecule has 6 nitrogen and oxygen atoms in total. The third kappa shape index (κ3) is 3.91. The summed E-state index contributed by atoms with van der Waals surface area (Å²) in [7, 11) is -3.56. The minimum Gasteiger partial charge on any atom is -0.486 e. The molecule has 0 saturated heterocycles. The Morgan fingerprint density at radius 1 is 1.18 bits per heavy atom. The molecule has 0 aliphatic carbocycles. The van der Waals surface area contributed by atoms with Gasteiger partial charge in [0.15, 0.2) is 21.3 Å². The summed E-state index contributed by atoms with van der Waals surface area (Å²) < 4.78 is 35.5. The molecule has 122 valence electrons. The van der Waals surface area contributed by atoms with Crippen LogP contribution in [0.4, 0.5) is 0 Å². The molecule has 1 aliphatic heterocycles. The van der Waals surface area contributed by atoms with E-state index in [0.29, 0.717) is 43.4 Å². The number of carbonyl (C=O) groups is 1. The first kappa shape index (κ1) is 16.6. The van der Waals surface area contributed by atoms with Gasteiger partial charge in [0.25, 0.3) is 0 Å². The van der Waals surface area contributed by atoms with Crippen LogP contribution < -0.4 is 9.47 Å². The Labute approximate surface area is 130 Å². The van der Waals surface area contributed by atoms with Crippen molar-refractivity contribution in [2.24, 2.45) is 0 Å². The normalized spacial score (nSPS) is 13.7. The fourth-order valence-electron chi connectivity index (χ4n) is 2.39. The van der Waals surface area contributed by atoms with Gasteiger partial charge in [-0.2, -0.15) is 0 Å². The number of para-hydroxylation sites is 1. The predicted molar refractivity (Wildman–Crippen MR) is 82.9 cm³/mol. The van der Waals surface area contributed by atoms with E-state index in [0.717, 1.165) is 0 Å². The van der Waals surface area contributed by atoms with Gasteiger partial charge < -0.3 is 14.4 Å². The van der Waals surface area contributed by atoms with Gasteiger partial charge in [0.1, 0.15) is 19.0 Å². The van der Waals surface area contributed by atoms with E-state index in [2.05, 4.69) is 0 Å². The Kier molecular flexibility index (Phi) is 5.28. The number of hydrogen-bond acceptors (Lipinski definition) is 5. The second kappa shape index (κ2) is 7.00. The Morgan fingerprint density at radius 3 is 2.55 bits per heavy atom. The van der Waals surface area contributed by atoms with Crippen molar-refractivity contribution in [3.8, 4) is 11.5 Å². The van der Waals surface area contributed by atoms with Crippen molar-refractivity contribution in [2.75, 3.05) is 32.1 Å². The van der Waals surface area contributed by atoms with E-state index in [-0.39, 0.29) is 11.7 Å². The number of hydrogen-bond donors (Lipinski definition) is 0. The standard InChI is InChI=1S/C15H21NO5S/c1-3-16(4-2)14(17)11-22(18,19)10-12-6-5-7-13-15(12)21-9-8-20-13/h5-7H,3-4,8-11H2,1-2H3. The molecule has 0 saturated carbocycles. The van der Waals surface area contributed by atoms with E-state index in [4.69, 9.17) is 9.47 Å². The molecule has 1 amide bonds. The molecule has 1 heterocycles. The van der Waals surface area contributed by atoms with Crippen LogP contribution >= 0.6 is 0 Å². The topological polar surface area (TPSA) is 72.9 Å². The maximum absolute atomic E-state index is 12.3. The molecule has 0 N–H and O–H groups in total. The highest BCUT2D eigenvalue weighted by Crippen LogP contribution is 2.34. The highest BCUT2D eigenvalue weighted by molar-refractivity contribution is 7.91. The van der Waals surface area contributed by atoms with Crippen LogP contribution in [0.2, 0.25) is 0 Å². The van der Waals surface area contributed by atoms with Crippen molar-refractivity contribution >= 4 is 15.7 Å². The van der Waals surface area contributed by atoms with Gasteiger partial charge in [0.05, 0.1) is 5.75 Å². The van der Waals surface area contributed by atoms with E-state index in [1.165, 1.54) is 4.90 Å². The smallest absolute Gasteiger partial charge is 0.237 e. The summed E-state index contributed by atoms with van der Waals surface area (Å²) >= 11 is 0. The monoisotopic (exact) mass is 327 g/mol. The molecule has 0 spiro atoms. The molecule has 0 fully saturated rings. The SMILES string of the molecule is CCN(CC)C(=O)CS(=O)(=O)Cc1cccc2c1OCCO2.